The number of benzene rings is 1. The number of fused-ring (bicyclic) bond motifs is 6. The highest BCUT2D eigenvalue weighted by molar-refractivity contribution is 7.91. The van der Waals surface area contributed by atoms with Gasteiger partial charge in [0.15, 0.2) is 0 Å². The first-order valence-electron chi connectivity index (χ1n) is 21.2. The fourth-order valence-electron chi connectivity index (χ4n) is 9.22. The molecule has 3 N–H and O–H groups in total. The van der Waals surface area contributed by atoms with Crippen LogP contribution >= 0.6 is 0 Å². The van der Waals surface area contributed by atoms with Gasteiger partial charge in [-0.2, -0.15) is 0 Å². The third-order valence-electron chi connectivity index (χ3n) is 13.3. The Balaban J connectivity index is 1.14. The Bertz CT molecular complexity index is 2070. The number of aryl methyl sites for hydroxylation is 1. The van der Waals surface area contributed by atoms with Gasteiger partial charge in [0.25, 0.3) is 5.91 Å². The highest BCUT2D eigenvalue weighted by Gasteiger charge is 2.63. The largest absolute Gasteiger partial charge is 0.497 e. The van der Waals surface area contributed by atoms with Gasteiger partial charge in [0, 0.05) is 18.4 Å². The van der Waals surface area contributed by atoms with E-state index in [9.17, 15) is 27.6 Å². The van der Waals surface area contributed by atoms with E-state index in [1.54, 1.807) is 20.1 Å². The number of carbonyl (C=O) groups excluding carboxylic acids is 4. The summed E-state index contributed by atoms with van der Waals surface area (Å²) in [5, 5.41) is 5.82. The van der Waals surface area contributed by atoms with Gasteiger partial charge in [-0.15, -0.1) is 0 Å². The van der Waals surface area contributed by atoms with E-state index in [1.807, 2.05) is 24.3 Å². The fourth-order valence-corrected chi connectivity index (χ4v) is 10.5. The van der Waals surface area contributed by atoms with E-state index in [0.29, 0.717) is 66.9 Å². The van der Waals surface area contributed by atoms with Crippen molar-refractivity contribution >= 4 is 44.9 Å². The fraction of sp³-hybridized carbons (Fsp3) is 0.667. The van der Waals surface area contributed by atoms with E-state index in [2.05, 4.69) is 15.4 Å². The second kappa shape index (κ2) is 16.3. The van der Waals surface area contributed by atoms with Crippen LogP contribution in [0.3, 0.4) is 0 Å². The van der Waals surface area contributed by atoms with Gasteiger partial charge in [0.2, 0.25) is 27.7 Å². The Kier molecular flexibility index (Phi) is 11.3. The van der Waals surface area contributed by atoms with Crippen LogP contribution in [-0.4, -0.2) is 95.3 Å². The van der Waals surface area contributed by atoms with Crippen molar-refractivity contribution in [3.8, 4) is 11.6 Å². The van der Waals surface area contributed by atoms with Crippen molar-refractivity contribution in [1.29, 1.82) is 0 Å². The molecule has 3 saturated carbocycles. The zero-order valence-corrected chi connectivity index (χ0v) is 34.3. The van der Waals surface area contributed by atoms with Crippen LogP contribution in [0.4, 0.5) is 4.79 Å². The standard InChI is InChI=1S/C42H56N6O9S/c1-41(20-21-41)58(53,54)47-39(51)42-24-27(42)14-8-4-3-5-9-16-32-38(50)48-25-29(23-34(48)36(49)46-42)56-37-31(43-30-19-18-28(55-2)22-33(30)44-37)15-10-6-7-12-26-13-11-17-35(26)57-40(52)45-32/h8,14,18-19,22,26-27,29,32,34-35H,3-7,9-13,15-17,20-21,23-25H2,1-2H3,(H,45,52)(H,46,49)(H,47,51)/b14-8+/t26-,27+,29-,32+,34?,35-,42-/m1/s1. The quantitative estimate of drug-likeness (QED) is 0.360. The summed E-state index contributed by atoms with van der Waals surface area (Å²) in [7, 11) is -2.41. The van der Waals surface area contributed by atoms with Gasteiger partial charge in [-0.05, 0) is 102 Å². The number of sulfonamides is 1. The number of allylic oxidation sites excluding steroid dienone is 1. The van der Waals surface area contributed by atoms with E-state index < -0.39 is 68.2 Å². The number of nitrogens with one attached hydrogen (secondary N) is 3. The van der Waals surface area contributed by atoms with Crippen LogP contribution in [0.1, 0.15) is 115 Å². The molecule has 4 fully saturated rings. The number of hydrogen-bond acceptors (Lipinski definition) is 11. The Hall–Kier alpha value is -4.47. The molecule has 1 unspecified atom stereocenters. The Morgan fingerprint density at radius 3 is 2.57 bits per heavy atom. The number of alkyl carbamates (subject to hydrolysis) is 1. The first-order chi connectivity index (χ1) is 27.9. The average Bonchev–Trinajstić information content (AvgIpc) is 4.00. The average molecular weight is 821 g/mol. The monoisotopic (exact) mass is 820 g/mol. The summed E-state index contributed by atoms with van der Waals surface area (Å²) < 4.78 is 45.8. The molecule has 314 valence electrons. The first-order valence-corrected chi connectivity index (χ1v) is 22.7. The van der Waals surface area contributed by atoms with E-state index in [-0.39, 0.29) is 31.4 Å². The van der Waals surface area contributed by atoms with Crippen LogP contribution < -0.4 is 24.8 Å². The van der Waals surface area contributed by atoms with Crippen LogP contribution in [0.15, 0.2) is 30.4 Å². The van der Waals surface area contributed by atoms with Crippen LogP contribution in [0.2, 0.25) is 0 Å². The molecule has 4 amide bonds. The second-order valence-electron chi connectivity index (χ2n) is 17.5. The molecule has 6 aliphatic rings. The SMILES string of the molecule is COc1ccc2nc3c(nc2c1)O[C@@H]1CC2C(=O)N[C@]4(C(=O)NS(=O)(=O)C5(C)CC5)C[C@@H]4/C=C/CCCCC[C@H](NC(=O)O[C@@H]4CCC[C@H]4CCCCC3)C(=O)N2C1. The van der Waals surface area contributed by atoms with E-state index >= 15 is 0 Å². The zero-order chi connectivity index (χ0) is 40.7. The maximum absolute atomic E-state index is 14.7. The van der Waals surface area contributed by atoms with Gasteiger partial charge in [-0.1, -0.05) is 37.8 Å². The van der Waals surface area contributed by atoms with Crippen LogP contribution in [0, 0.1) is 11.8 Å². The third-order valence-corrected chi connectivity index (χ3v) is 15.4. The summed E-state index contributed by atoms with van der Waals surface area (Å²) in [4.78, 5) is 68.1. The molecule has 2 aromatic rings. The van der Waals surface area contributed by atoms with Crippen molar-refractivity contribution in [2.75, 3.05) is 13.7 Å². The molecule has 0 spiro atoms. The molecule has 1 saturated heterocycles. The number of ether oxygens (including phenoxy) is 3. The second-order valence-corrected chi connectivity index (χ2v) is 19.7. The van der Waals surface area contributed by atoms with Crippen molar-refractivity contribution in [2.45, 2.75) is 151 Å². The lowest BCUT2D eigenvalue weighted by Gasteiger charge is -2.30. The van der Waals surface area contributed by atoms with Gasteiger partial charge >= 0.3 is 6.09 Å². The maximum Gasteiger partial charge on any atom is 0.408 e. The highest BCUT2D eigenvalue weighted by Crippen LogP contribution is 2.47. The van der Waals surface area contributed by atoms with Gasteiger partial charge in [0.05, 0.1) is 29.4 Å². The molecular formula is C42H56N6O9S. The predicted molar refractivity (Wildman–Crippen MR) is 213 cm³/mol. The minimum Gasteiger partial charge on any atom is -0.497 e. The molecular weight excluding hydrogens is 765 g/mol. The summed E-state index contributed by atoms with van der Waals surface area (Å²) >= 11 is 0. The topological polar surface area (TPSA) is 195 Å². The molecule has 8 rings (SSSR count). The Morgan fingerprint density at radius 1 is 0.966 bits per heavy atom. The number of aromatic nitrogens is 2. The summed E-state index contributed by atoms with van der Waals surface area (Å²) in [6.07, 6.45) is 13.7. The lowest BCUT2D eigenvalue weighted by atomic mass is 9.97. The molecule has 1 aromatic heterocycles. The van der Waals surface area contributed by atoms with Crippen molar-refractivity contribution in [3.05, 3.63) is 36.0 Å². The van der Waals surface area contributed by atoms with Crippen LogP contribution in [0.25, 0.3) is 11.0 Å². The molecule has 4 heterocycles. The number of methoxy groups -OCH3 is 1. The van der Waals surface area contributed by atoms with E-state index in [4.69, 9.17) is 24.2 Å². The Labute approximate surface area is 339 Å². The zero-order valence-electron chi connectivity index (χ0n) is 33.5. The summed E-state index contributed by atoms with van der Waals surface area (Å²) in [5.41, 5.74) is 0.437. The van der Waals surface area contributed by atoms with Crippen molar-refractivity contribution in [1.82, 2.24) is 30.2 Å². The van der Waals surface area contributed by atoms with Gasteiger partial charge in [0.1, 0.15) is 41.3 Å². The molecule has 1 aromatic carbocycles. The maximum atomic E-state index is 14.7. The van der Waals surface area contributed by atoms with E-state index in [0.717, 1.165) is 57.8 Å². The number of carbonyl (C=O) groups is 4. The number of amides is 4. The molecule has 3 aliphatic heterocycles. The lowest BCUT2D eigenvalue weighted by molar-refractivity contribution is -0.141. The van der Waals surface area contributed by atoms with Gasteiger partial charge < -0.3 is 29.7 Å². The van der Waals surface area contributed by atoms with Gasteiger partial charge in [-0.3, -0.25) is 19.1 Å². The summed E-state index contributed by atoms with van der Waals surface area (Å²) in [5.74, 6) is -1.10. The Morgan fingerprint density at radius 2 is 1.76 bits per heavy atom. The molecule has 16 heteroatoms. The number of rotatable bonds is 4. The van der Waals surface area contributed by atoms with Crippen molar-refractivity contribution < 1.29 is 41.8 Å². The predicted octanol–water partition coefficient (Wildman–Crippen LogP) is 4.76. The van der Waals surface area contributed by atoms with Crippen LogP contribution in [-0.2, 0) is 35.6 Å². The van der Waals surface area contributed by atoms with E-state index in [1.165, 1.54) is 4.90 Å². The normalized spacial score (nSPS) is 32.2. The smallest absolute Gasteiger partial charge is 0.408 e. The first kappa shape index (κ1) is 40.3. The molecule has 58 heavy (non-hydrogen) atoms. The lowest BCUT2D eigenvalue weighted by Crippen LogP contribution is -2.58. The summed E-state index contributed by atoms with van der Waals surface area (Å²) in [6.45, 7) is 1.60. The molecule has 3 bridgehead atoms. The van der Waals surface area contributed by atoms with Crippen LogP contribution in [0.5, 0.6) is 11.6 Å². The third kappa shape index (κ3) is 8.35. The van der Waals surface area contributed by atoms with Crippen molar-refractivity contribution in [3.63, 3.8) is 0 Å². The minimum absolute atomic E-state index is 0.00137. The number of nitrogens with zero attached hydrogens (tertiary/aromatic N) is 3. The summed E-state index contributed by atoms with van der Waals surface area (Å²) in [6, 6.07) is 3.41. The molecule has 7 atom stereocenters. The molecule has 15 nitrogen and oxygen atoms in total. The highest BCUT2D eigenvalue weighted by atomic mass is 32.2. The molecule has 3 aliphatic carbocycles. The molecule has 0 radical (unpaired) electrons. The number of hydrogen-bond donors (Lipinski definition) is 3. The minimum atomic E-state index is -3.99. The van der Waals surface area contributed by atoms with Gasteiger partial charge in [-0.25, -0.2) is 23.2 Å². The van der Waals surface area contributed by atoms with Crippen molar-refractivity contribution in [2.24, 2.45) is 11.8 Å².